The molecular weight excluding hydrogens is 355 g/mol. The summed E-state index contributed by atoms with van der Waals surface area (Å²) < 4.78 is 0. The summed E-state index contributed by atoms with van der Waals surface area (Å²) in [4.78, 5) is 0. The Morgan fingerprint density at radius 2 is 0.536 bits per heavy atom. The molecule has 1 heteroatoms. The molecule has 146 valence electrons. The topological polar surface area (TPSA) is 0 Å². The van der Waals surface area contributed by atoms with Crippen LogP contribution in [0.4, 0.5) is 0 Å². The molecule has 28 heavy (non-hydrogen) atoms. The van der Waals surface area contributed by atoms with Gasteiger partial charge in [-0.1, -0.05) is 36.4 Å². The molecule has 3 aromatic rings. The van der Waals surface area contributed by atoms with Gasteiger partial charge in [0.25, 0.3) is 0 Å². The SMILES string of the molecule is Cc1cc(P(c2cc(C)c(C)c(C)c2)c2cc(C)c(C)c(C)c2)cc(C)c1C. The molecule has 0 bridgehead atoms. The molecule has 0 saturated heterocycles. The van der Waals surface area contributed by atoms with Crippen LogP contribution < -0.4 is 15.9 Å². The molecule has 3 aromatic carbocycles. The maximum absolute atomic E-state index is 2.42. The number of benzene rings is 3. The third kappa shape index (κ3) is 3.81. The van der Waals surface area contributed by atoms with Gasteiger partial charge in [0, 0.05) is 0 Å². The first-order chi connectivity index (χ1) is 13.1. The number of rotatable bonds is 3. The minimum atomic E-state index is -0.580. The average Bonchev–Trinajstić information content (AvgIpc) is 2.62. The zero-order valence-corrected chi connectivity index (χ0v) is 19.8. The Balaban J connectivity index is 2.32. The Bertz CT molecular complexity index is 850. The standard InChI is InChI=1S/C27H33P/c1-16-10-25(11-17(2)22(16)7)28(26-12-18(3)23(8)19(4)13-26)27-14-20(5)24(9)21(6)15-27/h10-15H,1-9H3. The lowest BCUT2D eigenvalue weighted by molar-refractivity contribution is 1.27. The van der Waals surface area contributed by atoms with Crippen LogP contribution in [0.2, 0.25) is 0 Å². The van der Waals surface area contributed by atoms with E-state index in [2.05, 4.69) is 98.7 Å². The van der Waals surface area contributed by atoms with Crippen molar-refractivity contribution in [1.82, 2.24) is 0 Å². The predicted molar refractivity (Wildman–Crippen MR) is 128 cm³/mol. The molecule has 0 aliphatic rings. The van der Waals surface area contributed by atoms with Gasteiger partial charge < -0.3 is 0 Å². The van der Waals surface area contributed by atoms with E-state index in [1.54, 1.807) is 0 Å². The summed E-state index contributed by atoms with van der Waals surface area (Å²) in [5.74, 6) is 0. The minimum absolute atomic E-state index is 0.580. The molecule has 0 aromatic heterocycles. The summed E-state index contributed by atoms with van der Waals surface area (Å²) >= 11 is 0. The summed E-state index contributed by atoms with van der Waals surface area (Å²) in [5, 5.41) is 4.38. The smallest absolute Gasteiger partial charge is 0.0134 e. The van der Waals surface area contributed by atoms with Crippen molar-refractivity contribution in [2.75, 3.05) is 0 Å². The Kier molecular flexibility index (Phi) is 5.83. The molecular formula is C27H33P. The maximum Gasteiger partial charge on any atom is -0.0134 e. The van der Waals surface area contributed by atoms with E-state index in [0.29, 0.717) is 0 Å². The fraction of sp³-hybridized carbons (Fsp3) is 0.333. The first-order valence-corrected chi connectivity index (χ1v) is 11.5. The van der Waals surface area contributed by atoms with Crippen molar-refractivity contribution in [1.29, 1.82) is 0 Å². The van der Waals surface area contributed by atoms with Gasteiger partial charge in [-0.05, 0) is 136 Å². The van der Waals surface area contributed by atoms with Crippen molar-refractivity contribution in [3.63, 3.8) is 0 Å². The van der Waals surface area contributed by atoms with E-state index in [1.165, 1.54) is 66.0 Å². The van der Waals surface area contributed by atoms with Gasteiger partial charge in [-0.3, -0.25) is 0 Å². The van der Waals surface area contributed by atoms with Crippen molar-refractivity contribution in [2.45, 2.75) is 62.3 Å². The third-order valence-electron chi connectivity index (χ3n) is 6.51. The van der Waals surface area contributed by atoms with Crippen LogP contribution in [-0.2, 0) is 0 Å². The second-order valence-electron chi connectivity index (χ2n) is 8.45. The highest BCUT2D eigenvalue weighted by atomic mass is 31.1. The van der Waals surface area contributed by atoms with Crippen LogP contribution in [-0.4, -0.2) is 0 Å². The predicted octanol–water partition coefficient (Wildman–Crippen LogP) is 6.22. The van der Waals surface area contributed by atoms with Crippen LogP contribution in [0, 0.1) is 62.3 Å². The molecule has 0 saturated carbocycles. The van der Waals surface area contributed by atoms with Crippen LogP contribution in [0.1, 0.15) is 50.1 Å². The maximum atomic E-state index is 2.42. The second kappa shape index (κ2) is 7.84. The molecule has 0 amide bonds. The van der Waals surface area contributed by atoms with Crippen molar-refractivity contribution in [2.24, 2.45) is 0 Å². The fourth-order valence-electron chi connectivity index (χ4n) is 3.87. The van der Waals surface area contributed by atoms with Crippen molar-refractivity contribution in [3.05, 3.63) is 86.5 Å². The van der Waals surface area contributed by atoms with Crippen molar-refractivity contribution < 1.29 is 0 Å². The second-order valence-corrected chi connectivity index (χ2v) is 10.7. The highest BCUT2D eigenvalue weighted by Crippen LogP contribution is 2.36. The lowest BCUT2D eigenvalue weighted by Gasteiger charge is -2.24. The van der Waals surface area contributed by atoms with Crippen LogP contribution in [0.5, 0.6) is 0 Å². The molecule has 0 spiro atoms. The summed E-state index contributed by atoms with van der Waals surface area (Å²) in [5.41, 5.74) is 12.6. The summed E-state index contributed by atoms with van der Waals surface area (Å²) in [6, 6.07) is 14.5. The molecule has 3 rings (SSSR count). The van der Waals surface area contributed by atoms with E-state index < -0.39 is 7.92 Å². The van der Waals surface area contributed by atoms with Crippen LogP contribution in [0.3, 0.4) is 0 Å². The third-order valence-corrected chi connectivity index (χ3v) is 8.83. The first kappa shape index (κ1) is 20.8. The van der Waals surface area contributed by atoms with E-state index in [0.717, 1.165) is 0 Å². The largest absolute Gasteiger partial charge is 0.0506 e. The highest BCUT2D eigenvalue weighted by molar-refractivity contribution is 7.79. The molecule has 0 heterocycles. The molecule has 0 radical (unpaired) electrons. The summed E-state index contributed by atoms with van der Waals surface area (Å²) in [7, 11) is -0.580. The normalized spacial score (nSPS) is 11.4. The van der Waals surface area contributed by atoms with Gasteiger partial charge in [0.15, 0.2) is 0 Å². The van der Waals surface area contributed by atoms with Crippen molar-refractivity contribution in [3.8, 4) is 0 Å². The Labute approximate surface area is 172 Å². The van der Waals surface area contributed by atoms with E-state index >= 15 is 0 Å². The highest BCUT2D eigenvalue weighted by Gasteiger charge is 2.20. The number of aryl methyl sites for hydroxylation is 6. The summed E-state index contributed by atoms with van der Waals surface area (Å²) in [6.45, 7) is 20.2. The molecule has 0 aliphatic carbocycles. The Morgan fingerprint density at radius 3 is 0.714 bits per heavy atom. The molecule has 0 fully saturated rings. The van der Waals surface area contributed by atoms with E-state index in [9.17, 15) is 0 Å². The quantitative estimate of drug-likeness (QED) is 0.467. The monoisotopic (exact) mass is 388 g/mol. The van der Waals surface area contributed by atoms with Gasteiger partial charge in [-0.15, -0.1) is 0 Å². The Morgan fingerprint density at radius 1 is 0.357 bits per heavy atom. The molecule has 0 atom stereocenters. The molecule has 0 unspecified atom stereocenters. The van der Waals surface area contributed by atoms with E-state index in [4.69, 9.17) is 0 Å². The van der Waals surface area contributed by atoms with Gasteiger partial charge in [-0.25, -0.2) is 0 Å². The number of hydrogen-bond acceptors (Lipinski definition) is 0. The van der Waals surface area contributed by atoms with Gasteiger partial charge in [0.2, 0.25) is 0 Å². The van der Waals surface area contributed by atoms with Crippen molar-refractivity contribution >= 4 is 23.8 Å². The van der Waals surface area contributed by atoms with Gasteiger partial charge in [-0.2, -0.15) is 0 Å². The average molecular weight is 389 g/mol. The van der Waals surface area contributed by atoms with Gasteiger partial charge in [0.1, 0.15) is 0 Å². The van der Waals surface area contributed by atoms with E-state index in [1.807, 2.05) is 0 Å². The van der Waals surface area contributed by atoms with Crippen LogP contribution in [0.15, 0.2) is 36.4 Å². The minimum Gasteiger partial charge on any atom is -0.0506 e. The van der Waals surface area contributed by atoms with Gasteiger partial charge >= 0.3 is 0 Å². The Hall–Kier alpha value is -1.91. The lowest BCUT2D eigenvalue weighted by atomic mass is 10.0. The lowest BCUT2D eigenvalue weighted by Crippen LogP contribution is -2.23. The van der Waals surface area contributed by atoms with Crippen LogP contribution >= 0.6 is 7.92 Å². The fourth-order valence-corrected chi connectivity index (χ4v) is 6.70. The van der Waals surface area contributed by atoms with E-state index in [-0.39, 0.29) is 0 Å². The summed E-state index contributed by atoms with van der Waals surface area (Å²) in [6.07, 6.45) is 0. The molecule has 0 N–H and O–H groups in total. The van der Waals surface area contributed by atoms with Gasteiger partial charge in [0.05, 0.1) is 0 Å². The zero-order valence-electron chi connectivity index (χ0n) is 18.9. The zero-order chi connectivity index (χ0) is 20.7. The van der Waals surface area contributed by atoms with Crippen LogP contribution in [0.25, 0.3) is 0 Å². The molecule has 0 aliphatic heterocycles. The molecule has 0 nitrogen and oxygen atoms in total. The first-order valence-electron chi connectivity index (χ1n) is 10.1. The number of hydrogen-bond donors (Lipinski definition) is 0.